The van der Waals surface area contributed by atoms with Crippen molar-refractivity contribution in [3.05, 3.63) is 35.4 Å². The second-order valence-corrected chi connectivity index (χ2v) is 7.76. The molecule has 0 amide bonds. The number of piperidine rings is 1. The summed E-state index contributed by atoms with van der Waals surface area (Å²) in [5.41, 5.74) is 3.45. The van der Waals surface area contributed by atoms with Crippen LogP contribution in [0.1, 0.15) is 30.9 Å². The molecule has 6 heteroatoms. The van der Waals surface area contributed by atoms with Crippen molar-refractivity contribution in [2.45, 2.75) is 32.4 Å². The monoisotopic (exact) mass is 367 g/mol. The van der Waals surface area contributed by atoms with Gasteiger partial charge < -0.3 is 15.1 Å². The van der Waals surface area contributed by atoms with Crippen LogP contribution in [0.15, 0.2) is 24.3 Å². The van der Waals surface area contributed by atoms with E-state index < -0.39 is 12.6 Å². The lowest BCUT2D eigenvalue weighted by atomic mass is 9.71. The van der Waals surface area contributed by atoms with E-state index in [-0.39, 0.29) is 0 Å². The molecule has 0 aromatic heterocycles. The molecule has 1 aromatic carbocycles. The Balaban J connectivity index is 1.79. The summed E-state index contributed by atoms with van der Waals surface area (Å²) in [6.45, 7) is 6.20. The van der Waals surface area contributed by atoms with Crippen LogP contribution in [0, 0.1) is 5.41 Å². The summed E-state index contributed by atoms with van der Waals surface area (Å²) in [5.74, 6) is 0. The maximum atomic E-state index is 12.8. The van der Waals surface area contributed by atoms with Crippen LogP contribution in [0.25, 0.3) is 5.70 Å². The molecule has 26 heavy (non-hydrogen) atoms. The maximum absolute atomic E-state index is 12.8. The molecular weight excluding hydrogens is 339 g/mol. The third kappa shape index (κ3) is 4.00. The lowest BCUT2D eigenvalue weighted by molar-refractivity contribution is -0.127. The van der Waals surface area contributed by atoms with Crippen LogP contribution in [-0.2, 0) is 6.42 Å². The minimum atomic E-state index is -4.19. The summed E-state index contributed by atoms with van der Waals surface area (Å²) in [5, 5.41) is 3.12. The zero-order chi connectivity index (χ0) is 18.9. The number of hydrogen-bond acceptors (Lipinski definition) is 3. The summed E-state index contributed by atoms with van der Waals surface area (Å²) in [6, 6.07) is 5.00. The van der Waals surface area contributed by atoms with Gasteiger partial charge in [-0.1, -0.05) is 12.1 Å². The second-order valence-electron chi connectivity index (χ2n) is 7.76. The molecule has 0 aliphatic carbocycles. The standard InChI is InChI=1S/C20H28F3N3/c1-4-18(26-13-19(14-26)7-9-25(3)10-8-19)16-11-15(12-20(21,22)23)5-6-17(16)24-2/h4-6,11,24H,7-10,12-14H2,1-3H3/b18-4+. The molecule has 0 radical (unpaired) electrons. The van der Waals surface area contributed by atoms with Crippen LogP contribution in [0.4, 0.5) is 18.9 Å². The van der Waals surface area contributed by atoms with Crippen LogP contribution in [0.2, 0.25) is 0 Å². The highest BCUT2D eigenvalue weighted by Gasteiger charge is 2.45. The van der Waals surface area contributed by atoms with E-state index in [4.69, 9.17) is 0 Å². The van der Waals surface area contributed by atoms with Gasteiger partial charge in [-0.2, -0.15) is 13.2 Å². The van der Waals surface area contributed by atoms with E-state index in [0.717, 1.165) is 43.1 Å². The lowest BCUT2D eigenvalue weighted by Gasteiger charge is -2.55. The first-order valence-corrected chi connectivity index (χ1v) is 9.23. The first-order chi connectivity index (χ1) is 12.3. The molecule has 2 aliphatic heterocycles. The van der Waals surface area contributed by atoms with Crippen molar-refractivity contribution < 1.29 is 13.2 Å². The van der Waals surface area contributed by atoms with E-state index in [1.807, 2.05) is 20.0 Å². The first kappa shape index (κ1) is 19.1. The van der Waals surface area contributed by atoms with Gasteiger partial charge >= 0.3 is 6.18 Å². The highest BCUT2D eigenvalue weighted by Crippen LogP contribution is 2.44. The van der Waals surface area contributed by atoms with E-state index in [2.05, 4.69) is 22.2 Å². The normalized spacial score (nSPS) is 21.0. The fourth-order valence-electron chi connectivity index (χ4n) is 4.21. The van der Waals surface area contributed by atoms with Gasteiger partial charge in [0.15, 0.2) is 0 Å². The Morgan fingerprint density at radius 2 is 1.88 bits per heavy atom. The molecule has 0 bridgehead atoms. The molecule has 1 N–H and O–H groups in total. The summed E-state index contributed by atoms with van der Waals surface area (Å²) in [4.78, 5) is 4.68. The first-order valence-electron chi connectivity index (χ1n) is 9.23. The number of nitrogens with zero attached hydrogens (tertiary/aromatic N) is 2. The fraction of sp³-hybridized carbons (Fsp3) is 0.600. The van der Waals surface area contributed by atoms with Crippen LogP contribution in [0.3, 0.4) is 0 Å². The molecule has 2 aliphatic rings. The number of benzene rings is 1. The van der Waals surface area contributed by atoms with Crippen LogP contribution in [-0.4, -0.2) is 56.3 Å². The van der Waals surface area contributed by atoms with Gasteiger partial charge in [-0.15, -0.1) is 0 Å². The highest BCUT2D eigenvalue weighted by molar-refractivity contribution is 5.76. The Labute approximate surface area is 153 Å². The van der Waals surface area contributed by atoms with Gasteiger partial charge in [-0.3, -0.25) is 0 Å². The Morgan fingerprint density at radius 1 is 1.23 bits per heavy atom. The van der Waals surface area contributed by atoms with Crippen molar-refractivity contribution in [1.82, 2.24) is 9.80 Å². The molecule has 3 nitrogen and oxygen atoms in total. The molecule has 1 aromatic rings. The third-order valence-electron chi connectivity index (χ3n) is 5.75. The van der Waals surface area contributed by atoms with E-state index in [0.29, 0.717) is 11.0 Å². The van der Waals surface area contributed by atoms with Crippen molar-refractivity contribution in [2.24, 2.45) is 5.41 Å². The minimum Gasteiger partial charge on any atom is -0.388 e. The summed E-state index contributed by atoms with van der Waals surface area (Å²) in [6.07, 6.45) is -0.663. The van der Waals surface area contributed by atoms with Crippen molar-refractivity contribution in [2.75, 3.05) is 45.6 Å². The van der Waals surface area contributed by atoms with Gasteiger partial charge in [0.1, 0.15) is 0 Å². The van der Waals surface area contributed by atoms with Gasteiger partial charge in [-0.25, -0.2) is 0 Å². The minimum absolute atomic E-state index is 0.306. The number of anilines is 1. The number of rotatable bonds is 4. The van der Waals surface area contributed by atoms with E-state index >= 15 is 0 Å². The molecule has 2 heterocycles. The molecule has 2 saturated heterocycles. The predicted octanol–water partition coefficient (Wildman–Crippen LogP) is 4.22. The Kier molecular flexibility index (Phi) is 5.24. The predicted molar refractivity (Wildman–Crippen MR) is 100 cm³/mol. The average molecular weight is 367 g/mol. The molecule has 0 unspecified atom stereocenters. The number of alkyl halides is 3. The SMILES string of the molecule is C/C=C(\c1cc(CC(F)(F)F)ccc1NC)N1CC2(CCN(C)CC2)C1. The summed E-state index contributed by atoms with van der Waals surface area (Å²) < 4.78 is 38.4. The number of allylic oxidation sites excluding steroid dienone is 1. The van der Waals surface area contributed by atoms with Gasteiger partial charge in [-0.05, 0) is 57.6 Å². The molecule has 2 fully saturated rings. The summed E-state index contributed by atoms with van der Waals surface area (Å²) >= 11 is 0. The molecule has 144 valence electrons. The van der Waals surface area contributed by atoms with E-state index in [1.165, 1.54) is 12.8 Å². The second kappa shape index (κ2) is 7.14. The van der Waals surface area contributed by atoms with Crippen molar-refractivity contribution in [3.8, 4) is 0 Å². The van der Waals surface area contributed by atoms with E-state index in [1.54, 1.807) is 18.2 Å². The zero-order valence-electron chi connectivity index (χ0n) is 15.8. The fourth-order valence-corrected chi connectivity index (χ4v) is 4.21. The Morgan fingerprint density at radius 3 is 2.42 bits per heavy atom. The number of halogens is 3. The van der Waals surface area contributed by atoms with E-state index in [9.17, 15) is 13.2 Å². The molecular formula is C20H28F3N3. The summed E-state index contributed by atoms with van der Waals surface area (Å²) in [7, 11) is 3.97. The van der Waals surface area contributed by atoms with Gasteiger partial charge in [0.05, 0.1) is 6.42 Å². The molecule has 3 rings (SSSR count). The molecule has 0 saturated carbocycles. The number of likely N-dealkylation sites (tertiary alicyclic amines) is 2. The number of hydrogen-bond donors (Lipinski definition) is 1. The maximum Gasteiger partial charge on any atom is 0.393 e. The van der Waals surface area contributed by atoms with Crippen molar-refractivity contribution in [1.29, 1.82) is 0 Å². The van der Waals surface area contributed by atoms with Gasteiger partial charge in [0.25, 0.3) is 0 Å². The lowest BCUT2D eigenvalue weighted by Crippen LogP contribution is -2.59. The third-order valence-corrected chi connectivity index (χ3v) is 5.75. The van der Waals surface area contributed by atoms with Gasteiger partial charge in [0, 0.05) is 42.5 Å². The van der Waals surface area contributed by atoms with Crippen molar-refractivity contribution >= 4 is 11.4 Å². The van der Waals surface area contributed by atoms with Gasteiger partial charge in [0.2, 0.25) is 0 Å². The smallest absolute Gasteiger partial charge is 0.388 e. The average Bonchev–Trinajstić information content (AvgIpc) is 2.54. The van der Waals surface area contributed by atoms with Crippen LogP contribution >= 0.6 is 0 Å². The Hall–Kier alpha value is -1.69. The quantitative estimate of drug-likeness (QED) is 0.860. The zero-order valence-corrected chi connectivity index (χ0v) is 15.8. The molecule has 1 spiro atoms. The van der Waals surface area contributed by atoms with Crippen molar-refractivity contribution in [3.63, 3.8) is 0 Å². The number of nitrogens with one attached hydrogen (secondary N) is 1. The highest BCUT2D eigenvalue weighted by atomic mass is 19.4. The largest absolute Gasteiger partial charge is 0.393 e. The topological polar surface area (TPSA) is 18.5 Å². The van der Waals surface area contributed by atoms with Crippen LogP contribution < -0.4 is 5.32 Å². The Bertz CT molecular complexity index is 665. The molecule has 0 atom stereocenters. The van der Waals surface area contributed by atoms with Crippen LogP contribution in [0.5, 0.6) is 0 Å².